The van der Waals surface area contributed by atoms with Crippen LogP contribution in [-0.2, 0) is 11.2 Å². The second kappa shape index (κ2) is 10.7. The molecule has 0 bridgehead atoms. The van der Waals surface area contributed by atoms with Crippen LogP contribution in [0.15, 0.2) is 24.3 Å². The molecule has 0 fully saturated rings. The van der Waals surface area contributed by atoms with Crippen molar-refractivity contribution >= 4 is 0 Å². The molecule has 0 aliphatic heterocycles. The number of phenols is 1. The van der Waals surface area contributed by atoms with Gasteiger partial charge in [0.25, 0.3) is 0 Å². The SMILES string of the molecule is CCCCCCCCCCOC(C)(C)Cc1ccc(O)cc1. The number of hydrogen-bond donors (Lipinski definition) is 1. The highest BCUT2D eigenvalue weighted by molar-refractivity contribution is 5.26. The number of unbranched alkanes of at least 4 members (excludes halogenated alkanes) is 7. The van der Waals surface area contributed by atoms with Crippen molar-refractivity contribution < 1.29 is 9.84 Å². The molecule has 0 saturated heterocycles. The molecule has 0 saturated carbocycles. The Balaban J connectivity index is 2.08. The lowest BCUT2D eigenvalue weighted by atomic mass is 9.98. The number of rotatable bonds is 12. The molecular formula is C20H34O2. The van der Waals surface area contributed by atoms with Crippen molar-refractivity contribution in [1.29, 1.82) is 0 Å². The maximum absolute atomic E-state index is 9.32. The summed E-state index contributed by atoms with van der Waals surface area (Å²) in [5.74, 6) is 0.321. The Kier molecular flexibility index (Phi) is 9.22. The summed E-state index contributed by atoms with van der Waals surface area (Å²) in [6.07, 6.45) is 11.5. The summed E-state index contributed by atoms with van der Waals surface area (Å²) in [5.41, 5.74) is 1.07. The van der Waals surface area contributed by atoms with Crippen molar-refractivity contribution in [3.8, 4) is 5.75 Å². The van der Waals surface area contributed by atoms with E-state index in [1.807, 2.05) is 12.1 Å². The molecule has 0 aromatic heterocycles. The van der Waals surface area contributed by atoms with E-state index in [1.54, 1.807) is 12.1 Å². The minimum atomic E-state index is -0.141. The van der Waals surface area contributed by atoms with E-state index in [9.17, 15) is 5.11 Å². The normalized spacial score (nSPS) is 11.8. The van der Waals surface area contributed by atoms with Crippen molar-refractivity contribution in [2.24, 2.45) is 0 Å². The zero-order valence-corrected chi connectivity index (χ0v) is 14.7. The molecule has 0 atom stereocenters. The van der Waals surface area contributed by atoms with Crippen LogP contribution in [0.2, 0.25) is 0 Å². The summed E-state index contributed by atoms with van der Waals surface area (Å²) < 4.78 is 6.05. The van der Waals surface area contributed by atoms with Crippen LogP contribution in [0.3, 0.4) is 0 Å². The first-order valence-corrected chi connectivity index (χ1v) is 8.95. The molecule has 1 aromatic carbocycles. The Labute approximate surface area is 136 Å². The Morgan fingerprint density at radius 1 is 0.864 bits per heavy atom. The van der Waals surface area contributed by atoms with E-state index in [2.05, 4.69) is 20.8 Å². The first-order chi connectivity index (χ1) is 10.5. The third-order valence-corrected chi connectivity index (χ3v) is 4.06. The van der Waals surface area contributed by atoms with Crippen LogP contribution in [-0.4, -0.2) is 17.3 Å². The minimum Gasteiger partial charge on any atom is -0.508 e. The quantitative estimate of drug-likeness (QED) is 0.489. The van der Waals surface area contributed by atoms with E-state index < -0.39 is 0 Å². The zero-order chi connectivity index (χ0) is 16.3. The van der Waals surface area contributed by atoms with Crippen molar-refractivity contribution in [3.63, 3.8) is 0 Å². The summed E-state index contributed by atoms with van der Waals surface area (Å²) in [7, 11) is 0. The van der Waals surface area contributed by atoms with Crippen LogP contribution in [0, 0.1) is 0 Å². The lowest BCUT2D eigenvalue weighted by molar-refractivity contribution is -0.0187. The summed E-state index contributed by atoms with van der Waals surface area (Å²) in [5, 5.41) is 9.32. The summed E-state index contributed by atoms with van der Waals surface area (Å²) >= 11 is 0. The molecule has 2 heteroatoms. The Bertz CT molecular complexity index is 381. The molecule has 2 nitrogen and oxygen atoms in total. The van der Waals surface area contributed by atoms with Gasteiger partial charge in [0.05, 0.1) is 5.60 Å². The molecule has 0 spiro atoms. The molecule has 126 valence electrons. The van der Waals surface area contributed by atoms with Crippen LogP contribution in [0.25, 0.3) is 0 Å². The van der Waals surface area contributed by atoms with Gasteiger partial charge in [-0.3, -0.25) is 0 Å². The maximum atomic E-state index is 9.32. The number of aromatic hydroxyl groups is 1. The van der Waals surface area contributed by atoms with Crippen molar-refractivity contribution in [2.75, 3.05) is 6.61 Å². The van der Waals surface area contributed by atoms with E-state index in [-0.39, 0.29) is 5.60 Å². The predicted molar refractivity (Wildman–Crippen MR) is 94.5 cm³/mol. The van der Waals surface area contributed by atoms with Gasteiger partial charge < -0.3 is 9.84 Å². The highest BCUT2D eigenvalue weighted by atomic mass is 16.5. The smallest absolute Gasteiger partial charge is 0.115 e. The molecule has 1 rings (SSSR count). The maximum Gasteiger partial charge on any atom is 0.115 e. The van der Waals surface area contributed by atoms with Crippen LogP contribution in [0.4, 0.5) is 0 Å². The third kappa shape index (κ3) is 9.09. The molecule has 1 N–H and O–H groups in total. The summed E-state index contributed by atoms with van der Waals surface area (Å²) in [6, 6.07) is 7.42. The van der Waals surface area contributed by atoms with E-state index in [1.165, 1.54) is 50.5 Å². The second-order valence-electron chi connectivity index (χ2n) is 6.93. The van der Waals surface area contributed by atoms with Gasteiger partial charge >= 0.3 is 0 Å². The predicted octanol–water partition coefficient (Wildman–Crippen LogP) is 5.87. The van der Waals surface area contributed by atoms with Crippen LogP contribution >= 0.6 is 0 Å². The number of hydrogen-bond acceptors (Lipinski definition) is 2. The van der Waals surface area contributed by atoms with Gasteiger partial charge in [0, 0.05) is 13.0 Å². The first-order valence-electron chi connectivity index (χ1n) is 8.95. The fourth-order valence-corrected chi connectivity index (χ4v) is 2.74. The second-order valence-corrected chi connectivity index (χ2v) is 6.93. The largest absolute Gasteiger partial charge is 0.508 e. The Morgan fingerprint density at radius 2 is 1.41 bits per heavy atom. The van der Waals surface area contributed by atoms with Gasteiger partial charge in [-0.2, -0.15) is 0 Å². The van der Waals surface area contributed by atoms with E-state index in [0.717, 1.165) is 19.4 Å². The lowest BCUT2D eigenvalue weighted by Crippen LogP contribution is -2.27. The third-order valence-electron chi connectivity index (χ3n) is 4.06. The standard InChI is InChI=1S/C20H34O2/c1-4-5-6-7-8-9-10-11-16-22-20(2,3)17-18-12-14-19(21)15-13-18/h12-15,21H,4-11,16-17H2,1-3H3. The molecular weight excluding hydrogens is 272 g/mol. The topological polar surface area (TPSA) is 29.5 Å². The average Bonchev–Trinajstić information content (AvgIpc) is 2.48. The fraction of sp³-hybridized carbons (Fsp3) is 0.700. The molecule has 22 heavy (non-hydrogen) atoms. The molecule has 1 aromatic rings. The van der Waals surface area contributed by atoms with Crippen LogP contribution < -0.4 is 0 Å². The highest BCUT2D eigenvalue weighted by Crippen LogP contribution is 2.20. The Morgan fingerprint density at radius 3 is 2.00 bits per heavy atom. The minimum absolute atomic E-state index is 0.141. The van der Waals surface area contributed by atoms with Gasteiger partial charge in [0.1, 0.15) is 5.75 Å². The molecule has 0 aliphatic carbocycles. The van der Waals surface area contributed by atoms with Crippen molar-refractivity contribution in [2.45, 2.75) is 84.2 Å². The number of benzene rings is 1. The van der Waals surface area contributed by atoms with Gasteiger partial charge in [-0.15, -0.1) is 0 Å². The van der Waals surface area contributed by atoms with Gasteiger partial charge in [-0.25, -0.2) is 0 Å². The average molecular weight is 306 g/mol. The molecule has 0 unspecified atom stereocenters. The fourth-order valence-electron chi connectivity index (χ4n) is 2.74. The molecule has 0 heterocycles. The molecule has 0 aliphatic rings. The first kappa shape index (κ1) is 19.0. The van der Waals surface area contributed by atoms with E-state index in [0.29, 0.717) is 5.75 Å². The highest BCUT2D eigenvalue weighted by Gasteiger charge is 2.18. The summed E-state index contributed by atoms with van der Waals surface area (Å²) in [4.78, 5) is 0. The summed E-state index contributed by atoms with van der Waals surface area (Å²) in [6.45, 7) is 7.40. The van der Waals surface area contributed by atoms with Crippen LogP contribution in [0.1, 0.15) is 77.7 Å². The van der Waals surface area contributed by atoms with Crippen molar-refractivity contribution in [1.82, 2.24) is 0 Å². The van der Waals surface area contributed by atoms with E-state index >= 15 is 0 Å². The number of ether oxygens (including phenoxy) is 1. The van der Waals surface area contributed by atoms with Crippen molar-refractivity contribution in [3.05, 3.63) is 29.8 Å². The monoisotopic (exact) mass is 306 g/mol. The Hall–Kier alpha value is -1.02. The van der Waals surface area contributed by atoms with Gasteiger partial charge in [0.15, 0.2) is 0 Å². The van der Waals surface area contributed by atoms with E-state index in [4.69, 9.17) is 4.74 Å². The zero-order valence-electron chi connectivity index (χ0n) is 14.7. The lowest BCUT2D eigenvalue weighted by Gasteiger charge is -2.25. The van der Waals surface area contributed by atoms with Gasteiger partial charge in [-0.1, -0.05) is 64.0 Å². The number of phenolic OH excluding ortho intramolecular Hbond substituents is 1. The van der Waals surface area contributed by atoms with Gasteiger partial charge in [-0.05, 0) is 38.0 Å². The van der Waals surface area contributed by atoms with Crippen LogP contribution in [0.5, 0.6) is 5.75 Å². The molecule has 0 amide bonds. The van der Waals surface area contributed by atoms with Gasteiger partial charge in [0.2, 0.25) is 0 Å². The molecule has 0 radical (unpaired) electrons.